The molecule has 3 heterocycles. The molecule has 4 nitrogen and oxygen atoms in total. The lowest BCUT2D eigenvalue weighted by atomic mass is 9.94. The summed E-state index contributed by atoms with van der Waals surface area (Å²) in [5.41, 5.74) is 0. The Morgan fingerprint density at radius 1 is 1.05 bits per heavy atom. The summed E-state index contributed by atoms with van der Waals surface area (Å²) in [6.07, 6.45) is 6.01. The summed E-state index contributed by atoms with van der Waals surface area (Å²) in [5, 5.41) is 3.45. The van der Waals surface area contributed by atoms with Gasteiger partial charge in [-0.05, 0) is 56.9 Å². The fraction of sp³-hybridized carbons (Fsp3) is 0.688. The van der Waals surface area contributed by atoms with Gasteiger partial charge in [-0.2, -0.15) is 0 Å². The van der Waals surface area contributed by atoms with Crippen molar-refractivity contribution in [3.63, 3.8) is 0 Å². The van der Waals surface area contributed by atoms with E-state index in [0.29, 0.717) is 0 Å². The number of pyridine rings is 1. The Morgan fingerprint density at radius 2 is 1.77 bits per heavy atom. The number of hydrogen-bond acceptors (Lipinski definition) is 4. The number of halogens is 2. The molecule has 0 amide bonds. The van der Waals surface area contributed by atoms with Crippen LogP contribution in [0, 0.1) is 5.92 Å². The summed E-state index contributed by atoms with van der Waals surface area (Å²) in [4.78, 5) is 9.48. The molecular formula is C16H28Cl2N4. The zero-order valence-corrected chi connectivity index (χ0v) is 14.7. The van der Waals surface area contributed by atoms with Crippen LogP contribution < -0.4 is 10.2 Å². The summed E-state index contributed by atoms with van der Waals surface area (Å²) in [5.74, 6) is 2.08. The average Bonchev–Trinajstić information content (AvgIpc) is 2.55. The van der Waals surface area contributed by atoms with Crippen molar-refractivity contribution >= 4 is 30.6 Å². The number of anilines is 1. The van der Waals surface area contributed by atoms with Gasteiger partial charge in [-0.3, -0.25) is 4.90 Å². The fourth-order valence-electron chi connectivity index (χ4n) is 3.28. The molecule has 1 aromatic rings. The summed E-state index contributed by atoms with van der Waals surface area (Å²) in [6, 6.07) is 6.18. The highest BCUT2D eigenvalue weighted by atomic mass is 35.5. The van der Waals surface area contributed by atoms with E-state index >= 15 is 0 Å². The third-order valence-electron chi connectivity index (χ3n) is 4.66. The molecule has 0 atom stereocenters. The summed E-state index contributed by atoms with van der Waals surface area (Å²) >= 11 is 0. The standard InChI is InChI=1S/C16H26N4.2ClH/c1-2-7-18-16(3-1)20-13-11-19(12-14-20)10-6-15-4-8-17-9-5-15;;/h1-3,7,15,17H,4-6,8-14H2;2*1H. The van der Waals surface area contributed by atoms with Gasteiger partial charge < -0.3 is 10.2 Å². The Bertz CT molecular complexity index is 390. The molecule has 2 saturated heterocycles. The molecule has 0 radical (unpaired) electrons. The van der Waals surface area contributed by atoms with E-state index in [4.69, 9.17) is 0 Å². The van der Waals surface area contributed by atoms with Crippen molar-refractivity contribution in [2.45, 2.75) is 19.3 Å². The van der Waals surface area contributed by atoms with E-state index in [9.17, 15) is 0 Å². The van der Waals surface area contributed by atoms with Gasteiger partial charge >= 0.3 is 0 Å². The number of piperazine rings is 1. The number of aromatic nitrogens is 1. The first kappa shape index (κ1) is 19.5. The van der Waals surface area contributed by atoms with E-state index < -0.39 is 0 Å². The topological polar surface area (TPSA) is 31.4 Å². The van der Waals surface area contributed by atoms with E-state index in [-0.39, 0.29) is 24.8 Å². The lowest BCUT2D eigenvalue weighted by Gasteiger charge is -2.36. The smallest absolute Gasteiger partial charge is 0.128 e. The third-order valence-corrected chi connectivity index (χ3v) is 4.66. The summed E-state index contributed by atoms with van der Waals surface area (Å²) in [7, 11) is 0. The van der Waals surface area contributed by atoms with Crippen LogP contribution in [0.25, 0.3) is 0 Å². The molecule has 0 bridgehead atoms. The van der Waals surface area contributed by atoms with E-state index in [1.165, 1.54) is 52.0 Å². The Labute approximate surface area is 146 Å². The minimum atomic E-state index is 0. The van der Waals surface area contributed by atoms with Gasteiger partial charge in [-0.25, -0.2) is 4.98 Å². The van der Waals surface area contributed by atoms with Crippen LogP contribution in [0.15, 0.2) is 24.4 Å². The monoisotopic (exact) mass is 346 g/mol. The van der Waals surface area contributed by atoms with E-state index in [1.54, 1.807) is 0 Å². The summed E-state index contributed by atoms with van der Waals surface area (Å²) < 4.78 is 0. The van der Waals surface area contributed by atoms with Crippen LogP contribution in [0.1, 0.15) is 19.3 Å². The molecule has 0 spiro atoms. The largest absolute Gasteiger partial charge is 0.354 e. The van der Waals surface area contributed by atoms with Crippen LogP contribution in [-0.4, -0.2) is 55.7 Å². The highest BCUT2D eigenvalue weighted by Crippen LogP contribution is 2.18. The normalized spacial score (nSPS) is 20.1. The predicted octanol–water partition coefficient (Wildman–Crippen LogP) is 2.44. The number of rotatable bonds is 4. The van der Waals surface area contributed by atoms with Gasteiger partial charge in [-0.15, -0.1) is 24.8 Å². The van der Waals surface area contributed by atoms with E-state index in [1.807, 2.05) is 12.3 Å². The van der Waals surface area contributed by atoms with Crippen LogP contribution in [0.3, 0.4) is 0 Å². The van der Waals surface area contributed by atoms with Gasteiger partial charge in [0.2, 0.25) is 0 Å². The molecule has 126 valence electrons. The molecule has 1 aromatic heterocycles. The van der Waals surface area contributed by atoms with Crippen molar-refractivity contribution in [2.75, 3.05) is 50.7 Å². The van der Waals surface area contributed by atoms with Gasteiger partial charge in [0.25, 0.3) is 0 Å². The van der Waals surface area contributed by atoms with Gasteiger partial charge in [0.15, 0.2) is 0 Å². The highest BCUT2D eigenvalue weighted by molar-refractivity contribution is 5.85. The van der Waals surface area contributed by atoms with Crippen LogP contribution in [0.5, 0.6) is 0 Å². The molecule has 2 fully saturated rings. The SMILES string of the molecule is Cl.Cl.c1ccc(N2CCN(CCC3CCNCC3)CC2)nc1. The Balaban J connectivity index is 0.00000121. The highest BCUT2D eigenvalue weighted by Gasteiger charge is 2.19. The molecule has 0 aliphatic carbocycles. The Hall–Kier alpha value is -0.550. The predicted molar refractivity (Wildman–Crippen MR) is 97.6 cm³/mol. The summed E-state index contributed by atoms with van der Waals surface area (Å²) in [6.45, 7) is 8.31. The van der Waals surface area contributed by atoms with Crippen molar-refractivity contribution < 1.29 is 0 Å². The first-order chi connectivity index (χ1) is 9.92. The van der Waals surface area contributed by atoms with Crippen LogP contribution in [0.2, 0.25) is 0 Å². The minimum absolute atomic E-state index is 0. The molecule has 0 unspecified atom stereocenters. The third kappa shape index (κ3) is 5.58. The second-order valence-electron chi connectivity index (χ2n) is 6.00. The minimum Gasteiger partial charge on any atom is -0.354 e. The lowest BCUT2D eigenvalue weighted by Crippen LogP contribution is -2.47. The zero-order chi connectivity index (χ0) is 13.6. The van der Waals surface area contributed by atoms with Crippen LogP contribution in [-0.2, 0) is 0 Å². The molecule has 0 saturated carbocycles. The van der Waals surface area contributed by atoms with Crippen molar-refractivity contribution in [3.8, 4) is 0 Å². The maximum atomic E-state index is 4.45. The maximum absolute atomic E-state index is 4.45. The van der Waals surface area contributed by atoms with Crippen molar-refractivity contribution in [2.24, 2.45) is 5.92 Å². The second-order valence-corrected chi connectivity index (χ2v) is 6.00. The van der Waals surface area contributed by atoms with Gasteiger partial charge in [-0.1, -0.05) is 6.07 Å². The van der Waals surface area contributed by atoms with Crippen molar-refractivity contribution in [1.29, 1.82) is 0 Å². The molecule has 22 heavy (non-hydrogen) atoms. The van der Waals surface area contributed by atoms with Gasteiger partial charge in [0, 0.05) is 32.4 Å². The van der Waals surface area contributed by atoms with Crippen LogP contribution in [0.4, 0.5) is 5.82 Å². The van der Waals surface area contributed by atoms with Gasteiger partial charge in [0.1, 0.15) is 5.82 Å². The molecule has 2 aliphatic rings. The second kappa shape index (κ2) is 10.3. The number of piperidine rings is 1. The molecule has 2 aliphatic heterocycles. The molecule has 1 N–H and O–H groups in total. The average molecular weight is 347 g/mol. The van der Waals surface area contributed by atoms with Crippen molar-refractivity contribution in [3.05, 3.63) is 24.4 Å². The first-order valence-electron chi connectivity index (χ1n) is 8.01. The molecule has 0 aromatic carbocycles. The van der Waals surface area contributed by atoms with E-state index in [2.05, 4.69) is 32.2 Å². The number of nitrogens with zero attached hydrogens (tertiary/aromatic N) is 3. The van der Waals surface area contributed by atoms with Gasteiger partial charge in [0.05, 0.1) is 0 Å². The number of hydrogen-bond donors (Lipinski definition) is 1. The first-order valence-corrected chi connectivity index (χ1v) is 8.01. The van der Waals surface area contributed by atoms with E-state index in [0.717, 1.165) is 24.8 Å². The molecule has 6 heteroatoms. The van der Waals surface area contributed by atoms with Crippen molar-refractivity contribution in [1.82, 2.24) is 15.2 Å². The van der Waals surface area contributed by atoms with Crippen LogP contribution >= 0.6 is 24.8 Å². The molecule has 3 rings (SSSR count). The maximum Gasteiger partial charge on any atom is 0.128 e. The molecular weight excluding hydrogens is 319 g/mol. The Kier molecular flexibility index (Phi) is 9.10. The fourth-order valence-corrected chi connectivity index (χ4v) is 3.28. The quantitative estimate of drug-likeness (QED) is 0.907. The zero-order valence-electron chi connectivity index (χ0n) is 13.1. The number of nitrogens with one attached hydrogen (secondary N) is 1. The lowest BCUT2D eigenvalue weighted by molar-refractivity contribution is 0.224. The Morgan fingerprint density at radius 3 is 2.41 bits per heavy atom.